The molecule has 1 aliphatic heterocycles. The minimum atomic E-state index is -0.425. The zero-order valence-electron chi connectivity index (χ0n) is 18.5. The molecule has 0 bridgehead atoms. The summed E-state index contributed by atoms with van der Waals surface area (Å²) >= 11 is 6.11. The van der Waals surface area contributed by atoms with Crippen LogP contribution in [0.1, 0.15) is 32.3 Å². The van der Waals surface area contributed by atoms with Crippen molar-refractivity contribution in [3.05, 3.63) is 59.0 Å². The van der Waals surface area contributed by atoms with E-state index in [2.05, 4.69) is 15.2 Å². The van der Waals surface area contributed by atoms with E-state index in [1.807, 2.05) is 44.3 Å². The smallest absolute Gasteiger partial charge is 0.206 e. The van der Waals surface area contributed by atoms with Crippen molar-refractivity contribution in [2.75, 3.05) is 31.6 Å². The Morgan fingerprint density at radius 3 is 2.41 bits per heavy atom. The first kappa shape index (κ1) is 22.6. The van der Waals surface area contributed by atoms with E-state index in [4.69, 9.17) is 21.1 Å². The van der Waals surface area contributed by atoms with Gasteiger partial charge in [0.2, 0.25) is 5.82 Å². The summed E-state index contributed by atoms with van der Waals surface area (Å²) in [5.74, 6) is 0.0931. The summed E-state index contributed by atoms with van der Waals surface area (Å²) < 4.78 is 25.5. The number of nitrogens with zero attached hydrogens (tertiary/aromatic N) is 2. The van der Waals surface area contributed by atoms with Crippen molar-refractivity contribution >= 4 is 28.2 Å². The molecule has 170 valence electrons. The molecule has 1 aromatic heterocycles. The number of aromatic nitrogens is 1. The van der Waals surface area contributed by atoms with Gasteiger partial charge in [0.05, 0.1) is 18.7 Å². The Morgan fingerprint density at radius 1 is 1.06 bits per heavy atom. The van der Waals surface area contributed by atoms with Crippen LogP contribution in [0.25, 0.3) is 10.9 Å². The Hall–Kier alpha value is -2.57. The van der Waals surface area contributed by atoms with Crippen LogP contribution >= 0.6 is 11.6 Å². The van der Waals surface area contributed by atoms with Gasteiger partial charge in [0.25, 0.3) is 0 Å². The third-order valence-electron chi connectivity index (χ3n) is 5.72. The van der Waals surface area contributed by atoms with Crippen molar-refractivity contribution in [3.8, 4) is 11.5 Å². The number of benzene rings is 2. The molecule has 0 atom stereocenters. The van der Waals surface area contributed by atoms with Crippen molar-refractivity contribution in [1.29, 1.82) is 0 Å². The maximum atomic E-state index is 14.5. The lowest BCUT2D eigenvalue weighted by Crippen LogP contribution is -2.38. The van der Waals surface area contributed by atoms with E-state index in [9.17, 15) is 4.39 Å². The maximum absolute atomic E-state index is 14.5. The molecule has 2 heterocycles. The standard InChI is InChI=1S/C25H29ClFN3O2/c1-3-31-23-13-17(14-24(25(23)27)32-4-2)16-30-11-8-19(9-12-30)29-21-7-10-28-22-15-18(26)5-6-20(21)22/h5-7,10,13-15,19H,3-4,8-9,11-12,16H2,1-2H3,(H,28,29). The summed E-state index contributed by atoms with van der Waals surface area (Å²) in [5.41, 5.74) is 2.99. The zero-order chi connectivity index (χ0) is 22.5. The van der Waals surface area contributed by atoms with Crippen LogP contribution in [0.5, 0.6) is 11.5 Å². The fraction of sp³-hybridized carbons (Fsp3) is 0.400. The minimum absolute atomic E-state index is 0.259. The molecular formula is C25H29ClFN3O2. The number of nitrogens with one attached hydrogen (secondary N) is 1. The molecule has 1 aliphatic rings. The molecule has 0 aliphatic carbocycles. The number of anilines is 1. The quantitative estimate of drug-likeness (QED) is 0.456. The molecule has 1 saturated heterocycles. The average molecular weight is 458 g/mol. The molecule has 7 heteroatoms. The molecule has 2 aromatic carbocycles. The molecule has 1 fully saturated rings. The summed E-state index contributed by atoms with van der Waals surface area (Å²) in [7, 11) is 0. The lowest BCUT2D eigenvalue weighted by Gasteiger charge is -2.33. The molecule has 1 N–H and O–H groups in total. The minimum Gasteiger partial charge on any atom is -0.491 e. The second-order valence-corrected chi connectivity index (χ2v) is 8.42. The third-order valence-corrected chi connectivity index (χ3v) is 5.96. The highest BCUT2D eigenvalue weighted by Crippen LogP contribution is 2.31. The Bertz CT molecular complexity index is 1040. The first-order chi connectivity index (χ1) is 15.6. The van der Waals surface area contributed by atoms with Gasteiger partial charge in [-0.25, -0.2) is 0 Å². The predicted octanol–water partition coefficient (Wildman–Crippen LogP) is 5.90. The number of hydrogen-bond donors (Lipinski definition) is 1. The average Bonchev–Trinajstić information content (AvgIpc) is 2.78. The molecule has 0 radical (unpaired) electrons. The van der Waals surface area contributed by atoms with Gasteiger partial charge in [-0.2, -0.15) is 4.39 Å². The number of halogens is 2. The van der Waals surface area contributed by atoms with Crippen molar-refractivity contribution in [2.45, 2.75) is 39.3 Å². The predicted molar refractivity (Wildman–Crippen MR) is 127 cm³/mol. The maximum Gasteiger partial charge on any atom is 0.206 e. The fourth-order valence-corrected chi connectivity index (χ4v) is 4.37. The highest BCUT2D eigenvalue weighted by molar-refractivity contribution is 6.31. The summed E-state index contributed by atoms with van der Waals surface area (Å²) in [5, 5.41) is 5.46. The Morgan fingerprint density at radius 2 is 1.75 bits per heavy atom. The van der Waals surface area contributed by atoms with Crippen LogP contribution < -0.4 is 14.8 Å². The number of ether oxygens (including phenoxy) is 2. The first-order valence-electron chi connectivity index (χ1n) is 11.2. The number of hydrogen-bond acceptors (Lipinski definition) is 5. The monoisotopic (exact) mass is 457 g/mol. The Kier molecular flexibility index (Phi) is 7.33. The van der Waals surface area contributed by atoms with Crippen molar-refractivity contribution in [3.63, 3.8) is 0 Å². The molecule has 0 unspecified atom stereocenters. The topological polar surface area (TPSA) is 46.6 Å². The summed E-state index contributed by atoms with van der Waals surface area (Å²) in [6.07, 6.45) is 3.86. The van der Waals surface area contributed by atoms with E-state index in [0.717, 1.165) is 54.6 Å². The largest absolute Gasteiger partial charge is 0.491 e. The third kappa shape index (κ3) is 5.25. The Balaban J connectivity index is 1.39. The van der Waals surface area contributed by atoms with E-state index in [-0.39, 0.29) is 11.5 Å². The van der Waals surface area contributed by atoms with E-state index >= 15 is 0 Å². The van der Waals surface area contributed by atoms with Gasteiger partial charge in [0.1, 0.15) is 0 Å². The Labute approximate surface area is 193 Å². The summed E-state index contributed by atoms with van der Waals surface area (Å²) in [6, 6.07) is 11.8. The molecule has 5 nitrogen and oxygen atoms in total. The molecular weight excluding hydrogens is 429 g/mol. The number of pyridine rings is 1. The van der Waals surface area contributed by atoms with Crippen LogP contribution in [-0.2, 0) is 6.54 Å². The molecule has 0 spiro atoms. The molecule has 4 rings (SSSR count). The molecule has 3 aromatic rings. The van der Waals surface area contributed by atoms with Gasteiger partial charge in [-0.05, 0) is 68.7 Å². The van der Waals surface area contributed by atoms with Crippen LogP contribution in [0.3, 0.4) is 0 Å². The van der Waals surface area contributed by atoms with Crippen molar-refractivity contribution < 1.29 is 13.9 Å². The number of likely N-dealkylation sites (tertiary alicyclic amines) is 1. The van der Waals surface area contributed by atoms with E-state index in [0.29, 0.717) is 24.3 Å². The van der Waals surface area contributed by atoms with Gasteiger partial charge < -0.3 is 14.8 Å². The van der Waals surface area contributed by atoms with Gasteiger partial charge >= 0.3 is 0 Å². The van der Waals surface area contributed by atoms with Crippen molar-refractivity contribution in [2.24, 2.45) is 0 Å². The normalized spacial score (nSPS) is 15.1. The van der Waals surface area contributed by atoms with E-state index < -0.39 is 5.82 Å². The van der Waals surface area contributed by atoms with E-state index in [1.165, 1.54) is 0 Å². The van der Waals surface area contributed by atoms with Gasteiger partial charge in [0, 0.05) is 48.0 Å². The van der Waals surface area contributed by atoms with Gasteiger partial charge in [-0.15, -0.1) is 0 Å². The van der Waals surface area contributed by atoms with Crippen LogP contribution in [0, 0.1) is 5.82 Å². The molecule has 0 saturated carbocycles. The number of fused-ring (bicyclic) bond motifs is 1. The second kappa shape index (κ2) is 10.4. The fourth-order valence-electron chi connectivity index (χ4n) is 4.20. The summed E-state index contributed by atoms with van der Waals surface area (Å²) in [4.78, 5) is 6.81. The molecule has 0 amide bonds. The molecule has 32 heavy (non-hydrogen) atoms. The van der Waals surface area contributed by atoms with Crippen molar-refractivity contribution in [1.82, 2.24) is 9.88 Å². The van der Waals surface area contributed by atoms with Crippen LogP contribution in [0.15, 0.2) is 42.6 Å². The van der Waals surface area contributed by atoms with Gasteiger partial charge in [0.15, 0.2) is 11.5 Å². The highest BCUT2D eigenvalue weighted by Gasteiger charge is 2.21. The van der Waals surface area contributed by atoms with Crippen LogP contribution in [0.2, 0.25) is 5.02 Å². The van der Waals surface area contributed by atoms with E-state index in [1.54, 1.807) is 12.1 Å². The van der Waals surface area contributed by atoms with Gasteiger partial charge in [-0.1, -0.05) is 11.6 Å². The highest BCUT2D eigenvalue weighted by atomic mass is 35.5. The lowest BCUT2D eigenvalue weighted by atomic mass is 10.0. The van der Waals surface area contributed by atoms with Crippen LogP contribution in [0.4, 0.5) is 10.1 Å². The van der Waals surface area contributed by atoms with Gasteiger partial charge in [-0.3, -0.25) is 9.88 Å². The SMILES string of the molecule is CCOc1cc(CN2CCC(Nc3ccnc4cc(Cl)ccc34)CC2)cc(OCC)c1F. The lowest BCUT2D eigenvalue weighted by molar-refractivity contribution is 0.210. The summed E-state index contributed by atoms with van der Waals surface area (Å²) in [6.45, 7) is 7.19. The first-order valence-corrected chi connectivity index (χ1v) is 11.6. The second-order valence-electron chi connectivity index (χ2n) is 7.99. The number of piperidine rings is 1. The van der Waals surface area contributed by atoms with Crippen LogP contribution in [-0.4, -0.2) is 42.2 Å². The number of rotatable bonds is 8. The zero-order valence-corrected chi connectivity index (χ0v) is 19.3.